The fraction of sp³-hybridized carbons (Fsp3) is 0.0833. The van der Waals surface area contributed by atoms with Crippen LogP contribution in [-0.2, 0) is 10.0 Å². The molecule has 3 aromatic heterocycles. The Morgan fingerprint density at radius 3 is 2.43 bits per heavy atom. The number of hydrogen-bond donors (Lipinski definition) is 1. The molecular formula is C24H20N6O4S. The predicted octanol–water partition coefficient (Wildman–Crippen LogP) is 3.67. The lowest BCUT2D eigenvalue weighted by Crippen LogP contribution is -2.14. The van der Waals surface area contributed by atoms with Gasteiger partial charge in [-0.15, -0.1) is 10.2 Å². The van der Waals surface area contributed by atoms with Gasteiger partial charge in [-0.2, -0.15) is 9.61 Å². The number of nitrogens with one attached hydrogen (secondary N) is 1. The maximum atomic E-state index is 13.0. The minimum Gasteiger partial charge on any atom is -0.497 e. The van der Waals surface area contributed by atoms with Crippen LogP contribution in [0.3, 0.4) is 0 Å². The van der Waals surface area contributed by atoms with Gasteiger partial charge in [0.2, 0.25) is 0 Å². The van der Waals surface area contributed by atoms with Crippen molar-refractivity contribution in [1.82, 2.24) is 24.8 Å². The molecular weight excluding hydrogens is 468 g/mol. The summed E-state index contributed by atoms with van der Waals surface area (Å²) in [6.07, 6.45) is 3.38. The third kappa shape index (κ3) is 4.36. The van der Waals surface area contributed by atoms with Crippen LogP contribution in [0.2, 0.25) is 0 Å². The van der Waals surface area contributed by atoms with Gasteiger partial charge in [0.15, 0.2) is 11.5 Å². The zero-order valence-electron chi connectivity index (χ0n) is 18.8. The monoisotopic (exact) mass is 488 g/mol. The number of nitrogens with zero attached hydrogens (tertiary/aromatic N) is 5. The van der Waals surface area contributed by atoms with Crippen LogP contribution in [0.25, 0.3) is 28.3 Å². The van der Waals surface area contributed by atoms with Gasteiger partial charge in [-0.3, -0.25) is 9.71 Å². The van der Waals surface area contributed by atoms with Crippen LogP contribution in [0.15, 0.2) is 84.0 Å². The second-order valence-corrected chi connectivity index (χ2v) is 9.10. The fourth-order valence-corrected chi connectivity index (χ4v) is 4.74. The number of hydrogen-bond acceptors (Lipinski definition) is 8. The van der Waals surface area contributed by atoms with E-state index in [1.165, 1.54) is 26.4 Å². The lowest BCUT2D eigenvalue weighted by molar-refractivity contribution is 0.386. The van der Waals surface area contributed by atoms with Crippen LogP contribution in [-0.4, -0.2) is 47.4 Å². The molecule has 0 aliphatic heterocycles. The van der Waals surface area contributed by atoms with Crippen molar-refractivity contribution in [3.63, 3.8) is 0 Å². The number of pyridine rings is 1. The highest BCUT2D eigenvalue weighted by atomic mass is 32.2. The molecule has 10 nitrogen and oxygen atoms in total. The summed E-state index contributed by atoms with van der Waals surface area (Å²) < 4.78 is 40.5. The maximum Gasteiger partial charge on any atom is 0.265 e. The molecule has 0 spiro atoms. The molecule has 0 radical (unpaired) electrons. The van der Waals surface area contributed by atoms with E-state index in [1.807, 2.05) is 24.3 Å². The van der Waals surface area contributed by atoms with Crippen LogP contribution in [0.5, 0.6) is 11.5 Å². The summed E-state index contributed by atoms with van der Waals surface area (Å²) >= 11 is 0. The molecule has 2 aromatic carbocycles. The molecule has 0 aliphatic carbocycles. The topological polar surface area (TPSA) is 121 Å². The van der Waals surface area contributed by atoms with Gasteiger partial charge in [0.05, 0.1) is 19.9 Å². The zero-order chi connectivity index (χ0) is 24.4. The smallest absolute Gasteiger partial charge is 0.265 e. The molecule has 35 heavy (non-hydrogen) atoms. The Balaban J connectivity index is 1.42. The first-order chi connectivity index (χ1) is 17.0. The summed E-state index contributed by atoms with van der Waals surface area (Å²) in [5, 5.41) is 13.1. The number of rotatable bonds is 7. The Morgan fingerprint density at radius 2 is 1.71 bits per heavy atom. The highest BCUT2D eigenvalue weighted by Crippen LogP contribution is 2.30. The number of sulfonamides is 1. The molecule has 0 saturated carbocycles. The molecule has 0 amide bonds. The van der Waals surface area contributed by atoms with E-state index in [0.29, 0.717) is 28.6 Å². The van der Waals surface area contributed by atoms with Crippen LogP contribution in [0, 0.1) is 0 Å². The van der Waals surface area contributed by atoms with E-state index < -0.39 is 10.0 Å². The molecule has 11 heteroatoms. The number of benzene rings is 2. The molecule has 0 saturated heterocycles. The predicted molar refractivity (Wildman–Crippen MR) is 130 cm³/mol. The average molecular weight is 489 g/mol. The molecule has 0 aliphatic rings. The van der Waals surface area contributed by atoms with Crippen LogP contribution >= 0.6 is 0 Å². The van der Waals surface area contributed by atoms with E-state index >= 15 is 0 Å². The Bertz CT molecular complexity index is 1600. The third-order valence-electron chi connectivity index (χ3n) is 5.28. The van der Waals surface area contributed by atoms with Crippen molar-refractivity contribution >= 4 is 21.4 Å². The quantitative estimate of drug-likeness (QED) is 0.368. The lowest BCUT2D eigenvalue weighted by atomic mass is 10.1. The SMILES string of the molecule is COc1ccc(S(=O)(=O)Nc2ccc(-c3ccc4nnc(-c5cccnc5)n4n3)cc2)c(OC)c1. The van der Waals surface area contributed by atoms with Crippen molar-refractivity contribution < 1.29 is 17.9 Å². The number of anilines is 1. The number of fused-ring (bicyclic) bond motifs is 1. The molecule has 176 valence electrons. The number of ether oxygens (including phenoxy) is 2. The second-order valence-electron chi connectivity index (χ2n) is 7.45. The standard InChI is InChI=1S/C24H20N6O4S/c1-33-19-9-11-22(21(14-19)34-2)35(31,32)29-18-7-5-16(6-8-18)20-10-12-23-26-27-24(30(23)28-20)17-4-3-13-25-15-17/h3-15,29H,1-2H3. The minimum absolute atomic E-state index is 0.00698. The summed E-state index contributed by atoms with van der Waals surface area (Å²) in [4.78, 5) is 4.14. The summed E-state index contributed by atoms with van der Waals surface area (Å²) in [6.45, 7) is 0. The van der Waals surface area contributed by atoms with Gasteiger partial charge in [0.25, 0.3) is 10.0 Å². The van der Waals surface area contributed by atoms with Crippen LogP contribution in [0.1, 0.15) is 0 Å². The molecule has 5 aromatic rings. The second kappa shape index (κ2) is 9.03. The van der Waals surface area contributed by atoms with Crippen molar-refractivity contribution in [3.8, 4) is 34.1 Å². The first-order valence-electron chi connectivity index (χ1n) is 10.5. The van der Waals surface area contributed by atoms with Gasteiger partial charge in [-0.05, 0) is 48.5 Å². The molecule has 0 fully saturated rings. The largest absolute Gasteiger partial charge is 0.497 e. The summed E-state index contributed by atoms with van der Waals surface area (Å²) in [6, 6.07) is 18.8. The molecule has 0 bridgehead atoms. The van der Waals surface area contributed by atoms with Gasteiger partial charge >= 0.3 is 0 Å². The van der Waals surface area contributed by atoms with E-state index in [-0.39, 0.29) is 10.6 Å². The first-order valence-corrected chi connectivity index (χ1v) is 11.9. The van der Waals surface area contributed by atoms with Crippen molar-refractivity contribution in [3.05, 3.63) is 79.1 Å². The zero-order valence-corrected chi connectivity index (χ0v) is 19.6. The molecule has 1 N–H and O–H groups in total. The van der Waals surface area contributed by atoms with E-state index in [0.717, 1.165) is 11.1 Å². The molecule has 0 atom stereocenters. The molecule has 3 heterocycles. The highest BCUT2D eigenvalue weighted by Gasteiger charge is 2.20. The van der Waals surface area contributed by atoms with Gasteiger partial charge in [0, 0.05) is 35.3 Å². The minimum atomic E-state index is -3.89. The van der Waals surface area contributed by atoms with Gasteiger partial charge < -0.3 is 9.47 Å². The van der Waals surface area contributed by atoms with Crippen LogP contribution < -0.4 is 14.2 Å². The highest BCUT2D eigenvalue weighted by molar-refractivity contribution is 7.92. The van der Waals surface area contributed by atoms with Crippen LogP contribution in [0.4, 0.5) is 5.69 Å². The third-order valence-corrected chi connectivity index (χ3v) is 6.70. The lowest BCUT2D eigenvalue weighted by Gasteiger charge is -2.13. The maximum absolute atomic E-state index is 13.0. The van der Waals surface area contributed by atoms with E-state index in [9.17, 15) is 8.42 Å². The summed E-state index contributed by atoms with van der Waals surface area (Å²) in [7, 11) is -0.986. The normalized spacial score (nSPS) is 11.4. The van der Waals surface area contributed by atoms with Gasteiger partial charge in [-0.1, -0.05) is 12.1 Å². The Hall–Kier alpha value is -4.51. The van der Waals surface area contributed by atoms with Crippen molar-refractivity contribution in [1.29, 1.82) is 0 Å². The average Bonchev–Trinajstić information content (AvgIpc) is 3.32. The van der Waals surface area contributed by atoms with E-state index in [1.54, 1.807) is 47.2 Å². The summed E-state index contributed by atoms with van der Waals surface area (Å²) in [5.41, 5.74) is 3.26. The van der Waals surface area contributed by atoms with Gasteiger partial charge in [-0.25, -0.2) is 8.42 Å². The van der Waals surface area contributed by atoms with Crippen molar-refractivity contribution in [2.45, 2.75) is 4.90 Å². The Morgan fingerprint density at radius 1 is 0.886 bits per heavy atom. The fourth-order valence-electron chi connectivity index (χ4n) is 3.53. The Kier molecular flexibility index (Phi) is 5.75. The first kappa shape index (κ1) is 22.3. The molecule has 0 unspecified atom stereocenters. The number of aromatic nitrogens is 5. The van der Waals surface area contributed by atoms with Gasteiger partial charge in [0.1, 0.15) is 16.4 Å². The van der Waals surface area contributed by atoms with Crippen molar-refractivity contribution in [2.24, 2.45) is 0 Å². The van der Waals surface area contributed by atoms with E-state index in [4.69, 9.17) is 9.47 Å². The summed E-state index contributed by atoms with van der Waals surface area (Å²) in [5.74, 6) is 1.26. The molecule has 5 rings (SSSR count). The van der Waals surface area contributed by atoms with Crippen molar-refractivity contribution in [2.75, 3.05) is 18.9 Å². The number of methoxy groups -OCH3 is 2. The van der Waals surface area contributed by atoms with E-state index in [2.05, 4.69) is 25.0 Å². The Labute approximate surface area is 201 Å².